The van der Waals surface area contributed by atoms with Gasteiger partial charge in [-0.1, -0.05) is 36.4 Å². The zero-order valence-corrected chi connectivity index (χ0v) is 27.7. The zero-order chi connectivity index (χ0) is 34.1. The highest BCUT2D eigenvalue weighted by Crippen LogP contribution is 2.54. The normalized spacial score (nSPS) is 25.3. The van der Waals surface area contributed by atoms with Crippen molar-refractivity contribution >= 4 is 18.0 Å². The van der Waals surface area contributed by atoms with Crippen LogP contribution in [0.2, 0.25) is 0 Å². The number of nitrogens with zero attached hydrogens (tertiary/aromatic N) is 3. The predicted octanol–water partition coefficient (Wildman–Crippen LogP) is 4.39. The minimum absolute atomic E-state index is 0.00321. The number of methoxy groups -OCH3 is 1. The predicted molar refractivity (Wildman–Crippen MR) is 177 cm³/mol. The monoisotopic (exact) mass is 652 g/mol. The van der Waals surface area contributed by atoms with Gasteiger partial charge in [0.25, 0.3) is 0 Å². The highest BCUT2D eigenvalue weighted by Gasteiger charge is 2.56. The van der Waals surface area contributed by atoms with Gasteiger partial charge in [0.1, 0.15) is 18.1 Å². The van der Waals surface area contributed by atoms with E-state index in [-0.39, 0.29) is 43.1 Å². The van der Waals surface area contributed by atoms with E-state index in [0.717, 1.165) is 22.3 Å². The first-order chi connectivity index (χ1) is 23.2. The molecule has 11 nitrogen and oxygen atoms in total. The van der Waals surface area contributed by atoms with Gasteiger partial charge in [-0.05, 0) is 62.6 Å². The van der Waals surface area contributed by atoms with Crippen LogP contribution in [0.25, 0.3) is 6.08 Å². The molecule has 2 aromatic rings. The molecule has 11 heteroatoms. The second-order valence-corrected chi connectivity index (χ2v) is 12.4. The maximum absolute atomic E-state index is 13.3. The van der Waals surface area contributed by atoms with E-state index in [2.05, 4.69) is 21.2 Å². The molecule has 6 rings (SSSR count). The van der Waals surface area contributed by atoms with Crippen LogP contribution in [0, 0.1) is 18.3 Å². The molecule has 4 heterocycles. The summed E-state index contributed by atoms with van der Waals surface area (Å²) in [4.78, 5) is 29.9. The number of phenols is 1. The van der Waals surface area contributed by atoms with Crippen LogP contribution in [0.3, 0.4) is 0 Å². The Hall–Kier alpha value is -5.05. The molecule has 2 N–H and O–H groups in total. The summed E-state index contributed by atoms with van der Waals surface area (Å²) in [7, 11) is 3.52. The third kappa shape index (κ3) is 5.82. The Bertz CT molecular complexity index is 1770. The number of rotatable bonds is 8. The molecule has 0 aliphatic carbocycles. The fourth-order valence-corrected chi connectivity index (χ4v) is 7.81. The number of aromatic hydroxyl groups is 1. The smallest absolute Gasteiger partial charge is 0.308 e. The number of fused-ring (bicyclic) bond motifs is 6. The van der Waals surface area contributed by atoms with Gasteiger partial charge in [0.05, 0.1) is 25.3 Å². The number of nitriles is 1. The third-order valence-electron chi connectivity index (χ3n) is 9.70. The number of benzene rings is 2. The molecule has 0 saturated carbocycles. The van der Waals surface area contributed by atoms with Crippen LogP contribution in [0.15, 0.2) is 77.5 Å². The molecule has 1 saturated heterocycles. The topological polar surface area (TPSA) is 134 Å². The van der Waals surface area contributed by atoms with Crippen LogP contribution in [0.1, 0.15) is 48.6 Å². The summed E-state index contributed by atoms with van der Waals surface area (Å²) in [6.07, 6.45) is 7.35. The largest absolute Gasteiger partial charge is 0.504 e. The number of likely N-dealkylation sites (N-methyl/N-ethyl adjacent to an activating group) is 1. The number of phenolic OH excluding ortho intramolecular Hbond substituents is 1. The summed E-state index contributed by atoms with van der Waals surface area (Å²) in [5, 5.41) is 25.6. The summed E-state index contributed by atoms with van der Waals surface area (Å²) >= 11 is 0. The highest BCUT2D eigenvalue weighted by atomic mass is 16.7. The Labute approximate surface area is 280 Å². The molecule has 250 valence electrons. The van der Waals surface area contributed by atoms with E-state index >= 15 is 0 Å². The molecule has 1 unspecified atom stereocenters. The molecular weight excluding hydrogens is 612 g/mol. The molecule has 4 aliphatic heterocycles. The lowest BCUT2D eigenvalue weighted by molar-refractivity contribution is -0.136. The molecule has 0 spiro atoms. The Morgan fingerprint density at radius 1 is 1.21 bits per heavy atom. The number of esters is 1. The number of carbonyl (C=O) groups excluding carboxylic acids is 2. The molecule has 0 radical (unpaired) electrons. The lowest BCUT2D eigenvalue weighted by Gasteiger charge is -2.60. The highest BCUT2D eigenvalue weighted by molar-refractivity contribution is 5.91. The van der Waals surface area contributed by atoms with Crippen LogP contribution >= 0.6 is 0 Å². The Morgan fingerprint density at radius 3 is 2.62 bits per heavy atom. The van der Waals surface area contributed by atoms with Crippen molar-refractivity contribution in [3.05, 3.63) is 99.7 Å². The maximum Gasteiger partial charge on any atom is 0.308 e. The van der Waals surface area contributed by atoms with Crippen molar-refractivity contribution in [2.24, 2.45) is 0 Å². The number of piperazine rings is 1. The van der Waals surface area contributed by atoms with E-state index in [1.807, 2.05) is 50.4 Å². The summed E-state index contributed by atoms with van der Waals surface area (Å²) in [6.45, 7) is 5.15. The average molecular weight is 653 g/mol. The van der Waals surface area contributed by atoms with Crippen molar-refractivity contribution in [2.45, 2.75) is 63.8 Å². The number of hydrogen-bond donors (Lipinski definition) is 2. The van der Waals surface area contributed by atoms with Crippen LogP contribution in [-0.4, -0.2) is 78.4 Å². The second-order valence-electron chi connectivity index (χ2n) is 12.4. The Morgan fingerprint density at radius 2 is 1.98 bits per heavy atom. The summed E-state index contributed by atoms with van der Waals surface area (Å²) < 4.78 is 22.9. The first-order valence-electron chi connectivity index (χ1n) is 16.0. The molecule has 1 fully saturated rings. The van der Waals surface area contributed by atoms with Gasteiger partial charge < -0.3 is 29.4 Å². The van der Waals surface area contributed by atoms with Crippen molar-refractivity contribution in [1.82, 2.24) is 15.1 Å². The summed E-state index contributed by atoms with van der Waals surface area (Å²) in [6, 6.07) is 12.0. The third-order valence-corrected chi connectivity index (χ3v) is 9.70. The second kappa shape index (κ2) is 13.6. The maximum atomic E-state index is 13.3. The van der Waals surface area contributed by atoms with Gasteiger partial charge in [-0.2, -0.15) is 5.26 Å². The zero-order valence-electron chi connectivity index (χ0n) is 27.7. The van der Waals surface area contributed by atoms with Gasteiger partial charge in [-0.25, -0.2) is 0 Å². The molecule has 2 bridgehead atoms. The number of amides is 1. The SMILES string of the molecule is CC=C(OC(C)=O)C1=C(C2=COCO2)[C@H](CNC(=O)C=Cc2ccccc2)N2C(C1)[C@H]1c3c(cc(C)c(OC)c3O)C[C@@H]([C@@H]2C#N)N1C. The first kappa shape index (κ1) is 32.9. The average Bonchev–Trinajstić information content (AvgIpc) is 3.61. The van der Waals surface area contributed by atoms with Gasteiger partial charge in [-0.3, -0.25) is 19.4 Å². The van der Waals surface area contributed by atoms with E-state index in [4.69, 9.17) is 18.9 Å². The van der Waals surface area contributed by atoms with Gasteiger partial charge in [-0.15, -0.1) is 0 Å². The Balaban J connectivity index is 1.51. The van der Waals surface area contributed by atoms with Crippen LogP contribution in [-0.2, 0) is 30.2 Å². The lowest BCUT2D eigenvalue weighted by Crippen LogP contribution is -2.70. The minimum Gasteiger partial charge on any atom is -0.504 e. The van der Waals surface area contributed by atoms with Crippen LogP contribution in [0.5, 0.6) is 11.5 Å². The van der Waals surface area contributed by atoms with Gasteiger partial charge >= 0.3 is 5.97 Å². The van der Waals surface area contributed by atoms with Crippen LogP contribution < -0.4 is 10.1 Å². The Kier molecular flexibility index (Phi) is 9.31. The lowest BCUT2D eigenvalue weighted by atomic mass is 9.71. The summed E-state index contributed by atoms with van der Waals surface area (Å²) in [5.74, 6) is 0.488. The number of nitrogens with one attached hydrogen (secondary N) is 1. The molecule has 48 heavy (non-hydrogen) atoms. The quantitative estimate of drug-likeness (QED) is 0.240. The molecular formula is C37H40N4O7. The summed E-state index contributed by atoms with van der Waals surface area (Å²) in [5.41, 5.74) is 4.77. The molecule has 0 aromatic heterocycles. The van der Waals surface area contributed by atoms with Crippen LogP contribution in [0.4, 0.5) is 0 Å². The van der Waals surface area contributed by atoms with Crippen molar-refractivity contribution < 1.29 is 33.6 Å². The fourth-order valence-electron chi connectivity index (χ4n) is 7.81. The van der Waals surface area contributed by atoms with Gasteiger partial charge in [0.2, 0.25) is 12.7 Å². The molecule has 2 aromatic carbocycles. The van der Waals surface area contributed by atoms with E-state index < -0.39 is 18.1 Å². The number of hydrogen-bond acceptors (Lipinski definition) is 10. The van der Waals surface area contributed by atoms with E-state index in [0.29, 0.717) is 41.3 Å². The number of carbonyl (C=O) groups is 2. The number of allylic oxidation sites excluding steroid dienone is 2. The van der Waals surface area contributed by atoms with E-state index in [9.17, 15) is 20.0 Å². The van der Waals surface area contributed by atoms with Crippen molar-refractivity contribution in [3.63, 3.8) is 0 Å². The molecule has 4 aliphatic rings. The van der Waals surface area contributed by atoms with Gasteiger partial charge in [0.15, 0.2) is 17.3 Å². The number of ether oxygens (including phenoxy) is 4. The molecule has 5 atom stereocenters. The first-order valence-corrected chi connectivity index (χ1v) is 16.0. The van der Waals surface area contributed by atoms with Crippen molar-refractivity contribution in [3.8, 4) is 17.6 Å². The van der Waals surface area contributed by atoms with E-state index in [1.165, 1.54) is 26.4 Å². The number of aryl methyl sites for hydroxylation is 1. The van der Waals surface area contributed by atoms with Gasteiger partial charge in [0, 0.05) is 48.3 Å². The minimum atomic E-state index is -0.599. The van der Waals surface area contributed by atoms with Crippen molar-refractivity contribution in [1.29, 1.82) is 5.26 Å². The van der Waals surface area contributed by atoms with Crippen molar-refractivity contribution in [2.75, 3.05) is 27.5 Å². The van der Waals surface area contributed by atoms with E-state index in [1.54, 1.807) is 19.1 Å². The molecule has 1 amide bonds. The standard InChI is InChI=1S/C37H40N4O7/c1-6-30(48-22(3)42)25-16-27-35-33-24(14-21(2)37(45-5)36(33)44)15-26(40(35)4)28(17-38)41(27)29(34(25)31-19-46-20-47-31)18-39-32(43)13-12-23-10-8-7-9-11-23/h6-14,19,26-29,35,44H,15-16,18,20H2,1-5H3,(H,39,43)/t26-,27?,28-,29-,35-/m0/s1. The fraction of sp³-hybridized carbons (Fsp3) is 0.378.